The first-order chi connectivity index (χ1) is 5.31. The van der Waals surface area contributed by atoms with E-state index in [-0.39, 0.29) is 0 Å². The van der Waals surface area contributed by atoms with Crippen molar-refractivity contribution in [2.24, 2.45) is 5.92 Å². The molecule has 2 aliphatic heterocycles. The molecule has 2 N–H and O–H groups in total. The Kier molecular flexibility index (Phi) is 1.87. The van der Waals surface area contributed by atoms with Crippen LogP contribution in [0, 0.1) is 5.92 Å². The monoisotopic (exact) mass is 157 g/mol. The summed E-state index contributed by atoms with van der Waals surface area (Å²) in [6.07, 6.45) is 1.92. The number of rotatable bonds is 1. The molecule has 2 aliphatic rings. The Morgan fingerprint density at radius 1 is 1.55 bits per heavy atom. The van der Waals surface area contributed by atoms with Crippen LogP contribution in [0.4, 0.5) is 0 Å². The number of hydrogen-bond donors (Lipinski definition) is 2. The van der Waals surface area contributed by atoms with Gasteiger partial charge in [0.05, 0.1) is 12.2 Å². The Hall–Kier alpha value is -0.120. The van der Waals surface area contributed by atoms with Crippen LogP contribution in [0.2, 0.25) is 0 Å². The SMILES string of the molecule is OC1(C2CCOC2)CCNC1. The van der Waals surface area contributed by atoms with Gasteiger partial charge in [-0.25, -0.2) is 0 Å². The summed E-state index contributed by atoms with van der Waals surface area (Å²) >= 11 is 0. The summed E-state index contributed by atoms with van der Waals surface area (Å²) < 4.78 is 5.25. The molecule has 0 radical (unpaired) electrons. The van der Waals surface area contributed by atoms with Crippen LogP contribution < -0.4 is 5.32 Å². The molecule has 64 valence electrons. The second kappa shape index (κ2) is 2.73. The van der Waals surface area contributed by atoms with E-state index in [1.165, 1.54) is 0 Å². The van der Waals surface area contributed by atoms with Gasteiger partial charge in [0.1, 0.15) is 0 Å². The zero-order valence-corrected chi connectivity index (χ0v) is 6.68. The van der Waals surface area contributed by atoms with Gasteiger partial charge in [-0.2, -0.15) is 0 Å². The highest BCUT2D eigenvalue weighted by Gasteiger charge is 2.40. The lowest BCUT2D eigenvalue weighted by Crippen LogP contribution is -2.40. The van der Waals surface area contributed by atoms with Gasteiger partial charge in [0.2, 0.25) is 0 Å². The van der Waals surface area contributed by atoms with Gasteiger partial charge in [0.15, 0.2) is 0 Å². The standard InChI is InChI=1S/C8H15NO2/c10-8(2-3-9-6-8)7-1-4-11-5-7/h7,9-10H,1-6H2. The lowest BCUT2D eigenvalue weighted by Gasteiger charge is -2.27. The van der Waals surface area contributed by atoms with E-state index in [9.17, 15) is 5.11 Å². The molecule has 3 nitrogen and oxygen atoms in total. The van der Waals surface area contributed by atoms with E-state index in [1.807, 2.05) is 0 Å². The quantitative estimate of drug-likeness (QED) is 0.551. The molecule has 2 heterocycles. The summed E-state index contributed by atoms with van der Waals surface area (Å²) in [7, 11) is 0. The molecule has 0 aliphatic carbocycles. The van der Waals surface area contributed by atoms with Crippen molar-refractivity contribution in [2.75, 3.05) is 26.3 Å². The molecule has 0 aromatic carbocycles. The average Bonchev–Trinajstić information content (AvgIpc) is 2.55. The Labute approximate surface area is 66.7 Å². The minimum absolute atomic E-state index is 0.373. The number of hydrogen-bond acceptors (Lipinski definition) is 3. The van der Waals surface area contributed by atoms with Crippen molar-refractivity contribution in [3.05, 3.63) is 0 Å². The fourth-order valence-corrected chi connectivity index (χ4v) is 2.00. The third kappa shape index (κ3) is 1.28. The molecular formula is C8H15NO2. The zero-order valence-electron chi connectivity index (χ0n) is 6.68. The lowest BCUT2D eigenvalue weighted by atomic mass is 9.86. The fourth-order valence-electron chi connectivity index (χ4n) is 2.00. The summed E-state index contributed by atoms with van der Waals surface area (Å²) in [6, 6.07) is 0. The van der Waals surface area contributed by atoms with Gasteiger partial charge in [-0.1, -0.05) is 0 Å². The van der Waals surface area contributed by atoms with Crippen LogP contribution in [0.15, 0.2) is 0 Å². The Bertz CT molecular complexity index is 137. The van der Waals surface area contributed by atoms with Gasteiger partial charge < -0.3 is 15.2 Å². The van der Waals surface area contributed by atoms with Crippen LogP contribution in [0.25, 0.3) is 0 Å². The minimum atomic E-state index is -0.462. The Morgan fingerprint density at radius 3 is 3.00 bits per heavy atom. The zero-order chi connectivity index (χ0) is 7.73. The predicted octanol–water partition coefficient (Wildman–Crippen LogP) is -0.253. The molecule has 0 amide bonds. The first-order valence-electron chi connectivity index (χ1n) is 4.32. The Morgan fingerprint density at radius 2 is 2.45 bits per heavy atom. The van der Waals surface area contributed by atoms with E-state index in [4.69, 9.17) is 4.74 Å². The van der Waals surface area contributed by atoms with Gasteiger partial charge in [-0.15, -0.1) is 0 Å². The smallest absolute Gasteiger partial charge is 0.0834 e. The molecule has 0 aromatic heterocycles. The van der Waals surface area contributed by atoms with Crippen molar-refractivity contribution in [3.63, 3.8) is 0 Å². The maximum absolute atomic E-state index is 10.0. The van der Waals surface area contributed by atoms with E-state index >= 15 is 0 Å². The molecule has 0 bridgehead atoms. The van der Waals surface area contributed by atoms with Crippen LogP contribution in [0.5, 0.6) is 0 Å². The predicted molar refractivity (Wildman–Crippen MR) is 41.4 cm³/mol. The maximum Gasteiger partial charge on any atom is 0.0834 e. The largest absolute Gasteiger partial charge is 0.388 e. The summed E-state index contributed by atoms with van der Waals surface area (Å²) in [5.74, 6) is 0.373. The van der Waals surface area contributed by atoms with Crippen molar-refractivity contribution in [2.45, 2.75) is 18.4 Å². The normalized spacial score (nSPS) is 45.0. The summed E-state index contributed by atoms with van der Waals surface area (Å²) in [5.41, 5.74) is -0.462. The second-order valence-electron chi connectivity index (χ2n) is 3.59. The topological polar surface area (TPSA) is 41.5 Å². The molecule has 3 heteroatoms. The highest BCUT2D eigenvalue weighted by atomic mass is 16.5. The fraction of sp³-hybridized carbons (Fsp3) is 1.00. The van der Waals surface area contributed by atoms with Crippen LogP contribution in [0.1, 0.15) is 12.8 Å². The average molecular weight is 157 g/mol. The first-order valence-corrected chi connectivity index (χ1v) is 4.32. The molecule has 0 aromatic rings. The van der Waals surface area contributed by atoms with Gasteiger partial charge in [0, 0.05) is 19.1 Å². The molecule has 0 spiro atoms. The van der Waals surface area contributed by atoms with Crippen LogP contribution in [-0.4, -0.2) is 37.0 Å². The Balaban J connectivity index is 2.00. The van der Waals surface area contributed by atoms with Gasteiger partial charge >= 0.3 is 0 Å². The number of ether oxygens (including phenoxy) is 1. The van der Waals surface area contributed by atoms with Crippen LogP contribution >= 0.6 is 0 Å². The number of β-amino-alcohol motifs (C(OH)–C–C–N with tert-alkyl or cyclic N) is 1. The number of aliphatic hydroxyl groups is 1. The van der Waals surface area contributed by atoms with Gasteiger partial charge in [-0.05, 0) is 19.4 Å². The van der Waals surface area contributed by atoms with E-state index in [2.05, 4.69) is 5.32 Å². The van der Waals surface area contributed by atoms with Gasteiger partial charge in [-0.3, -0.25) is 0 Å². The van der Waals surface area contributed by atoms with Crippen LogP contribution in [0.3, 0.4) is 0 Å². The first kappa shape index (κ1) is 7.53. The highest BCUT2D eigenvalue weighted by Crippen LogP contribution is 2.30. The minimum Gasteiger partial charge on any atom is -0.388 e. The molecule has 0 saturated carbocycles. The molecule has 2 saturated heterocycles. The summed E-state index contributed by atoms with van der Waals surface area (Å²) in [4.78, 5) is 0. The molecule has 11 heavy (non-hydrogen) atoms. The lowest BCUT2D eigenvalue weighted by molar-refractivity contribution is -0.00354. The van der Waals surface area contributed by atoms with E-state index in [0.29, 0.717) is 5.92 Å². The van der Waals surface area contributed by atoms with Crippen molar-refractivity contribution in [1.82, 2.24) is 5.32 Å². The van der Waals surface area contributed by atoms with E-state index in [1.54, 1.807) is 0 Å². The molecule has 2 atom stereocenters. The highest BCUT2D eigenvalue weighted by molar-refractivity contribution is 4.94. The molecule has 2 unspecified atom stereocenters. The maximum atomic E-state index is 10.0. The van der Waals surface area contributed by atoms with Gasteiger partial charge in [0.25, 0.3) is 0 Å². The van der Waals surface area contributed by atoms with Crippen molar-refractivity contribution < 1.29 is 9.84 Å². The molecule has 2 rings (SSSR count). The second-order valence-corrected chi connectivity index (χ2v) is 3.59. The van der Waals surface area contributed by atoms with Crippen molar-refractivity contribution >= 4 is 0 Å². The van der Waals surface area contributed by atoms with E-state index < -0.39 is 5.60 Å². The van der Waals surface area contributed by atoms with Crippen LogP contribution in [-0.2, 0) is 4.74 Å². The molecular weight excluding hydrogens is 142 g/mol. The third-order valence-corrected chi connectivity index (χ3v) is 2.86. The third-order valence-electron chi connectivity index (χ3n) is 2.86. The van der Waals surface area contributed by atoms with E-state index in [0.717, 1.165) is 39.1 Å². The number of nitrogens with one attached hydrogen (secondary N) is 1. The van der Waals surface area contributed by atoms with Crippen molar-refractivity contribution in [3.8, 4) is 0 Å². The van der Waals surface area contributed by atoms with Crippen molar-refractivity contribution in [1.29, 1.82) is 0 Å². The molecule has 2 fully saturated rings. The summed E-state index contributed by atoms with van der Waals surface area (Å²) in [5, 5.41) is 13.2. The summed E-state index contributed by atoms with van der Waals surface area (Å²) in [6.45, 7) is 3.28.